The van der Waals surface area contributed by atoms with Crippen molar-refractivity contribution in [3.8, 4) is 0 Å². The van der Waals surface area contributed by atoms with E-state index < -0.39 is 0 Å². The van der Waals surface area contributed by atoms with Gasteiger partial charge in [0.05, 0.1) is 6.54 Å². The van der Waals surface area contributed by atoms with Gasteiger partial charge in [-0.1, -0.05) is 19.9 Å². The molecule has 0 aliphatic carbocycles. The normalized spacial score (nSPS) is 11.2. The number of rotatable bonds is 5. The van der Waals surface area contributed by atoms with E-state index in [2.05, 4.69) is 59.6 Å². The average Bonchev–Trinajstić information content (AvgIpc) is 2.87. The Hall–Kier alpha value is -1.06. The van der Waals surface area contributed by atoms with E-state index in [9.17, 15) is 0 Å². The second kappa shape index (κ2) is 5.32. The van der Waals surface area contributed by atoms with Crippen LogP contribution in [0.25, 0.3) is 0 Å². The van der Waals surface area contributed by atoms with Gasteiger partial charge in [0, 0.05) is 29.4 Å². The van der Waals surface area contributed by atoms with E-state index in [0.29, 0.717) is 6.04 Å². The highest BCUT2D eigenvalue weighted by molar-refractivity contribution is 7.09. The molecular weight excluding hydrogens is 216 g/mol. The summed E-state index contributed by atoms with van der Waals surface area (Å²) in [6, 6.07) is 9.12. The summed E-state index contributed by atoms with van der Waals surface area (Å²) in [5.41, 5.74) is 1.35. The van der Waals surface area contributed by atoms with Crippen LogP contribution in [0.1, 0.15) is 24.4 Å². The van der Waals surface area contributed by atoms with E-state index in [1.807, 2.05) is 11.3 Å². The molecular formula is C13H18N2S. The highest BCUT2D eigenvalue weighted by Crippen LogP contribution is 2.12. The third-order valence-electron chi connectivity index (χ3n) is 2.52. The Morgan fingerprint density at radius 2 is 2.19 bits per heavy atom. The highest BCUT2D eigenvalue weighted by Gasteiger charge is 2.02. The van der Waals surface area contributed by atoms with Gasteiger partial charge < -0.3 is 9.88 Å². The Balaban J connectivity index is 2.01. The maximum Gasteiger partial charge on any atom is 0.0566 e. The van der Waals surface area contributed by atoms with Gasteiger partial charge in [-0.25, -0.2) is 0 Å². The summed E-state index contributed by atoms with van der Waals surface area (Å²) < 4.78 is 2.31. The fourth-order valence-electron chi connectivity index (χ4n) is 1.64. The second-order valence-electron chi connectivity index (χ2n) is 4.24. The minimum absolute atomic E-state index is 0.532. The van der Waals surface area contributed by atoms with Crippen molar-refractivity contribution in [2.45, 2.75) is 33.0 Å². The van der Waals surface area contributed by atoms with E-state index >= 15 is 0 Å². The monoisotopic (exact) mass is 234 g/mol. The molecule has 0 radical (unpaired) electrons. The first kappa shape index (κ1) is 11.4. The van der Waals surface area contributed by atoms with Crippen molar-refractivity contribution in [2.24, 2.45) is 0 Å². The van der Waals surface area contributed by atoms with E-state index in [-0.39, 0.29) is 0 Å². The highest BCUT2D eigenvalue weighted by atomic mass is 32.1. The van der Waals surface area contributed by atoms with Crippen LogP contribution in [0.15, 0.2) is 35.8 Å². The molecule has 0 aliphatic rings. The zero-order chi connectivity index (χ0) is 11.4. The van der Waals surface area contributed by atoms with Crippen LogP contribution in [0.2, 0.25) is 0 Å². The molecule has 2 heterocycles. The molecule has 0 unspecified atom stereocenters. The Morgan fingerprint density at radius 3 is 2.88 bits per heavy atom. The Labute approximate surface area is 101 Å². The predicted molar refractivity (Wildman–Crippen MR) is 69.8 cm³/mol. The molecule has 0 saturated carbocycles. The minimum Gasteiger partial charge on any atom is -0.345 e. The van der Waals surface area contributed by atoms with E-state index in [1.54, 1.807) is 0 Å². The van der Waals surface area contributed by atoms with Crippen molar-refractivity contribution in [1.82, 2.24) is 9.88 Å². The lowest BCUT2D eigenvalue weighted by Crippen LogP contribution is -2.23. The summed E-state index contributed by atoms with van der Waals surface area (Å²) in [6.07, 6.45) is 2.15. The topological polar surface area (TPSA) is 17.0 Å². The third-order valence-corrected chi connectivity index (χ3v) is 3.38. The van der Waals surface area contributed by atoms with Crippen molar-refractivity contribution in [3.63, 3.8) is 0 Å². The fourth-order valence-corrected chi connectivity index (χ4v) is 2.35. The molecule has 2 nitrogen and oxygen atoms in total. The quantitative estimate of drug-likeness (QED) is 0.841. The first-order valence-electron chi connectivity index (χ1n) is 5.65. The van der Waals surface area contributed by atoms with Crippen LogP contribution in [0.4, 0.5) is 0 Å². The van der Waals surface area contributed by atoms with Crippen molar-refractivity contribution < 1.29 is 0 Å². The number of nitrogens with one attached hydrogen (secondary N) is 1. The molecule has 0 spiro atoms. The van der Waals surface area contributed by atoms with Gasteiger partial charge >= 0.3 is 0 Å². The van der Waals surface area contributed by atoms with Crippen LogP contribution in [0, 0.1) is 0 Å². The van der Waals surface area contributed by atoms with Crippen LogP contribution in [0.5, 0.6) is 0 Å². The maximum absolute atomic E-state index is 3.45. The summed E-state index contributed by atoms with van der Waals surface area (Å²) in [6.45, 7) is 6.27. The molecule has 86 valence electrons. The summed E-state index contributed by atoms with van der Waals surface area (Å²) in [4.78, 5) is 1.40. The third kappa shape index (κ3) is 2.97. The van der Waals surface area contributed by atoms with Gasteiger partial charge in [-0.15, -0.1) is 11.3 Å². The largest absolute Gasteiger partial charge is 0.345 e. The van der Waals surface area contributed by atoms with Crippen LogP contribution in [-0.4, -0.2) is 10.6 Å². The van der Waals surface area contributed by atoms with Crippen LogP contribution in [-0.2, 0) is 13.1 Å². The van der Waals surface area contributed by atoms with Crippen molar-refractivity contribution in [3.05, 3.63) is 46.4 Å². The molecule has 1 N–H and O–H groups in total. The molecule has 0 saturated heterocycles. The van der Waals surface area contributed by atoms with Crippen LogP contribution in [0.3, 0.4) is 0 Å². The molecule has 0 amide bonds. The first-order chi connectivity index (χ1) is 7.75. The number of hydrogen-bond donors (Lipinski definition) is 1. The predicted octanol–water partition coefficient (Wildman–Crippen LogP) is 3.10. The lowest BCUT2D eigenvalue weighted by Gasteiger charge is -2.11. The van der Waals surface area contributed by atoms with E-state index in [4.69, 9.17) is 0 Å². The van der Waals surface area contributed by atoms with Gasteiger partial charge in [0.15, 0.2) is 0 Å². The minimum atomic E-state index is 0.532. The van der Waals surface area contributed by atoms with Crippen LogP contribution < -0.4 is 5.32 Å². The van der Waals surface area contributed by atoms with Crippen molar-refractivity contribution in [2.75, 3.05) is 0 Å². The van der Waals surface area contributed by atoms with Crippen LogP contribution >= 0.6 is 11.3 Å². The Bertz CT molecular complexity index is 415. The van der Waals surface area contributed by atoms with Crippen molar-refractivity contribution in [1.29, 1.82) is 0 Å². The van der Waals surface area contributed by atoms with Gasteiger partial charge in [-0.05, 0) is 23.6 Å². The van der Waals surface area contributed by atoms with E-state index in [0.717, 1.165) is 13.1 Å². The molecule has 0 aromatic carbocycles. The number of nitrogens with zero attached hydrogens (tertiary/aromatic N) is 1. The lowest BCUT2D eigenvalue weighted by atomic mass is 10.3. The van der Waals surface area contributed by atoms with Gasteiger partial charge in [0.1, 0.15) is 0 Å². The molecule has 16 heavy (non-hydrogen) atoms. The van der Waals surface area contributed by atoms with Gasteiger partial charge in [-0.2, -0.15) is 0 Å². The first-order valence-corrected chi connectivity index (χ1v) is 6.53. The smallest absolute Gasteiger partial charge is 0.0566 e. The van der Waals surface area contributed by atoms with Crippen molar-refractivity contribution >= 4 is 11.3 Å². The standard InChI is InChI=1S/C13H18N2S/c1-11(2)14-9-12-5-3-7-15(12)10-13-6-4-8-16-13/h3-8,11,14H,9-10H2,1-2H3. The Kier molecular flexibility index (Phi) is 3.80. The number of aromatic nitrogens is 1. The zero-order valence-corrected chi connectivity index (χ0v) is 10.6. The lowest BCUT2D eigenvalue weighted by molar-refractivity contribution is 0.565. The molecule has 2 aromatic heterocycles. The molecule has 0 fully saturated rings. The molecule has 2 aromatic rings. The molecule has 0 atom stereocenters. The van der Waals surface area contributed by atoms with Gasteiger partial charge in [0.25, 0.3) is 0 Å². The molecule has 0 aliphatic heterocycles. The second-order valence-corrected chi connectivity index (χ2v) is 5.27. The molecule has 3 heteroatoms. The summed E-state index contributed by atoms with van der Waals surface area (Å²) in [5, 5.41) is 5.58. The zero-order valence-electron chi connectivity index (χ0n) is 9.81. The van der Waals surface area contributed by atoms with E-state index in [1.165, 1.54) is 10.6 Å². The number of thiophene rings is 1. The average molecular weight is 234 g/mol. The maximum atomic E-state index is 3.45. The van der Waals surface area contributed by atoms with Gasteiger partial charge in [0.2, 0.25) is 0 Å². The summed E-state index contributed by atoms with van der Waals surface area (Å²) in [7, 11) is 0. The summed E-state index contributed by atoms with van der Waals surface area (Å²) in [5.74, 6) is 0. The fraction of sp³-hybridized carbons (Fsp3) is 0.385. The number of hydrogen-bond acceptors (Lipinski definition) is 2. The Morgan fingerprint density at radius 1 is 1.31 bits per heavy atom. The molecule has 2 rings (SSSR count). The summed E-state index contributed by atoms with van der Waals surface area (Å²) >= 11 is 1.81. The van der Waals surface area contributed by atoms with Gasteiger partial charge in [-0.3, -0.25) is 0 Å². The molecule has 0 bridgehead atoms. The SMILES string of the molecule is CC(C)NCc1cccn1Cc1cccs1.